The Morgan fingerprint density at radius 3 is 2.71 bits per heavy atom. The van der Waals surface area contributed by atoms with Gasteiger partial charge in [0.15, 0.2) is 0 Å². The summed E-state index contributed by atoms with van der Waals surface area (Å²) in [4.78, 5) is 8.96. The highest BCUT2D eigenvalue weighted by atomic mass is 16.5. The number of likely N-dealkylation sites (N-methyl/N-ethyl adjacent to an activating group) is 1. The molecular weight excluding hydrogens is 302 g/mol. The van der Waals surface area contributed by atoms with Gasteiger partial charge < -0.3 is 19.6 Å². The quantitative estimate of drug-likeness (QED) is 0.864. The monoisotopic (exact) mass is 331 g/mol. The van der Waals surface area contributed by atoms with Gasteiger partial charge in [0.1, 0.15) is 5.82 Å². The Hall–Kier alpha value is -1.43. The number of nitrogens with zero attached hydrogens (tertiary/aromatic N) is 3. The molecule has 132 valence electrons. The first-order valence-electron chi connectivity index (χ1n) is 8.83. The van der Waals surface area contributed by atoms with Crippen LogP contribution in [0.25, 0.3) is 6.08 Å². The fraction of sp³-hybridized carbons (Fsp3) is 0.632. The third-order valence-corrected chi connectivity index (χ3v) is 5.62. The summed E-state index contributed by atoms with van der Waals surface area (Å²) in [5.74, 6) is 1.01. The van der Waals surface area contributed by atoms with E-state index in [4.69, 9.17) is 4.74 Å². The minimum absolute atomic E-state index is 0.0517. The SMILES string of the molecule is C=Cc1ccc(N2CCC3(CC2)[C@H](O)C[C@@H]3OCCN(C)C)nc1. The van der Waals surface area contributed by atoms with E-state index in [-0.39, 0.29) is 17.6 Å². The van der Waals surface area contributed by atoms with Gasteiger partial charge in [-0.25, -0.2) is 4.98 Å². The largest absolute Gasteiger partial charge is 0.392 e. The van der Waals surface area contributed by atoms with Crippen LogP contribution >= 0.6 is 0 Å². The van der Waals surface area contributed by atoms with Crippen LogP contribution < -0.4 is 4.90 Å². The molecule has 1 aromatic heterocycles. The number of aliphatic hydroxyl groups is 1. The summed E-state index contributed by atoms with van der Waals surface area (Å²) >= 11 is 0. The lowest BCUT2D eigenvalue weighted by Gasteiger charge is -2.56. The summed E-state index contributed by atoms with van der Waals surface area (Å²) < 4.78 is 6.08. The zero-order valence-electron chi connectivity index (χ0n) is 14.8. The topological polar surface area (TPSA) is 48.8 Å². The van der Waals surface area contributed by atoms with Gasteiger partial charge in [-0.2, -0.15) is 0 Å². The van der Waals surface area contributed by atoms with Gasteiger partial charge in [-0.05, 0) is 44.6 Å². The molecule has 0 amide bonds. The van der Waals surface area contributed by atoms with Crippen LogP contribution in [0.2, 0.25) is 0 Å². The van der Waals surface area contributed by atoms with Crippen LogP contribution in [0, 0.1) is 5.41 Å². The number of aromatic nitrogens is 1. The average molecular weight is 331 g/mol. The zero-order valence-corrected chi connectivity index (χ0v) is 14.8. The van der Waals surface area contributed by atoms with Crippen LogP contribution in [0.4, 0.5) is 5.82 Å². The molecule has 0 radical (unpaired) electrons. The zero-order chi connectivity index (χ0) is 17.2. The summed E-state index contributed by atoms with van der Waals surface area (Å²) in [7, 11) is 4.11. The molecule has 2 aliphatic rings. The first-order chi connectivity index (χ1) is 11.5. The summed E-state index contributed by atoms with van der Waals surface area (Å²) in [5.41, 5.74) is 0.986. The number of hydrogen-bond acceptors (Lipinski definition) is 5. The van der Waals surface area contributed by atoms with E-state index >= 15 is 0 Å². The smallest absolute Gasteiger partial charge is 0.128 e. The predicted molar refractivity (Wildman–Crippen MR) is 97.1 cm³/mol. The molecule has 0 bridgehead atoms. The molecule has 2 atom stereocenters. The minimum atomic E-state index is -0.222. The molecular formula is C19H29N3O2. The van der Waals surface area contributed by atoms with Crippen molar-refractivity contribution in [1.29, 1.82) is 0 Å². The van der Waals surface area contributed by atoms with E-state index in [1.807, 2.05) is 18.3 Å². The van der Waals surface area contributed by atoms with Gasteiger partial charge in [-0.1, -0.05) is 12.7 Å². The number of pyridine rings is 1. The first-order valence-corrected chi connectivity index (χ1v) is 8.83. The van der Waals surface area contributed by atoms with Crippen molar-refractivity contribution in [3.8, 4) is 0 Å². The Morgan fingerprint density at radius 1 is 1.42 bits per heavy atom. The van der Waals surface area contributed by atoms with Crippen molar-refractivity contribution in [2.75, 3.05) is 45.2 Å². The lowest BCUT2D eigenvalue weighted by Crippen LogP contribution is -2.62. The number of anilines is 1. The second kappa shape index (κ2) is 7.21. The Bertz CT molecular complexity index is 550. The van der Waals surface area contributed by atoms with Gasteiger partial charge in [0.05, 0.1) is 18.8 Å². The maximum Gasteiger partial charge on any atom is 0.128 e. The van der Waals surface area contributed by atoms with E-state index in [0.717, 1.165) is 56.9 Å². The molecule has 1 saturated carbocycles. The van der Waals surface area contributed by atoms with Crippen molar-refractivity contribution in [3.63, 3.8) is 0 Å². The van der Waals surface area contributed by atoms with Gasteiger partial charge >= 0.3 is 0 Å². The van der Waals surface area contributed by atoms with Crippen LogP contribution in [0.3, 0.4) is 0 Å². The van der Waals surface area contributed by atoms with Crippen LogP contribution in [0.15, 0.2) is 24.9 Å². The Balaban J connectivity index is 1.57. The number of hydrogen-bond donors (Lipinski definition) is 1. The summed E-state index contributed by atoms with van der Waals surface area (Å²) in [6, 6.07) is 4.10. The second-order valence-electron chi connectivity index (χ2n) is 7.29. The van der Waals surface area contributed by atoms with E-state index in [9.17, 15) is 5.11 Å². The molecule has 1 spiro atoms. The molecule has 0 unspecified atom stereocenters. The Morgan fingerprint density at radius 2 is 2.17 bits per heavy atom. The Kier molecular flexibility index (Phi) is 5.23. The average Bonchev–Trinajstić information content (AvgIpc) is 2.61. The first kappa shape index (κ1) is 17.4. The minimum Gasteiger partial charge on any atom is -0.392 e. The van der Waals surface area contributed by atoms with Gasteiger partial charge in [-0.15, -0.1) is 0 Å². The van der Waals surface area contributed by atoms with Crippen molar-refractivity contribution < 1.29 is 9.84 Å². The van der Waals surface area contributed by atoms with Crippen molar-refractivity contribution in [1.82, 2.24) is 9.88 Å². The molecule has 1 N–H and O–H groups in total. The van der Waals surface area contributed by atoms with Gasteiger partial charge in [0.25, 0.3) is 0 Å². The maximum absolute atomic E-state index is 10.4. The fourth-order valence-corrected chi connectivity index (χ4v) is 3.85. The maximum atomic E-state index is 10.4. The molecule has 5 heteroatoms. The van der Waals surface area contributed by atoms with Gasteiger partial charge in [0.2, 0.25) is 0 Å². The molecule has 1 aliphatic heterocycles. The lowest BCUT2D eigenvalue weighted by atomic mass is 9.58. The lowest BCUT2D eigenvalue weighted by molar-refractivity contribution is -0.202. The molecule has 1 saturated heterocycles. The summed E-state index contributed by atoms with van der Waals surface area (Å²) in [5, 5.41) is 10.4. The van der Waals surface area contributed by atoms with Crippen LogP contribution in [0.5, 0.6) is 0 Å². The number of aliphatic hydroxyl groups excluding tert-OH is 1. The van der Waals surface area contributed by atoms with E-state index in [0.29, 0.717) is 0 Å². The van der Waals surface area contributed by atoms with Crippen molar-refractivity contribution in [2.24, 2.45) is 5.41 Å². The predicted octanol–water partition coefficient (Wildman–Crippen LogP) is 2.02. The third kappa shape index (κ3) is 3.34. The van der Waals surface area contributed by atoms with Crippen molar-refractivity contribution in [3.05, 3.63) is 30.5 Å². The van der Waals surface area contributed by atoms with Gasteiger partial charge in [0, 0.05) is 37.7 Å². The second-order valence-corrected chi connectivity index (χ2v) is 7.29. The van der Waals surface area contributed by atoms with Crippen LogP contribution in [-0.2, 0) is 4.74 Å². The standard InChI is InChI=1S/C19H29N3O2/c1-4-15-5-6-18(20-14-15)22-9-7-19(8-10-22)16(23)13-17(19)24-12-11-21(2)3/h4-6,14,16-17,23H,1,7-13H2,2-3H3/t16-,17+/m1/s1. The molecule has 1 aliphatic carbocycles. The molecule has 3 rings (SSSR count). The third-order valence-electron chi connectivity index (χ3n) is 5.62. The molecule has 5 nitrogen and oxygen atoms in total. The highest BCUT2D eigenvalue weighted by molar-refractivity contribution is 5.49. The van der Waals surface area contributed by atoms with Crippen LogP contribution in [-0.4, -0.2) is 67.5 Å². The van der Waals surface area contributed by atoms with Crippen molar-refractivity contribution in [2.45, 2.75) is 31.5 Å². The van der Waals surface area contributed by atoms with E-state index in [1.165, 1.54) is 0 Å². The van der Waals surface area contributed by atoms with E-state index < -0.39 is 0 Å². The molecule has 24 heavy (non-hydrogen) atoms. The summed E-state index contributed by atoms with van der Waals surface area (Å²) in [6.45, 7) is 7.27. The van der Waals surface area contributed by atoms with Crippen LogP contribution in [0.1, 0.15) is 24.8 Å². The molecule has 2 heterocycles. The number of rotatable bonds is 6. The fourth-order valence-electron chi connectivity index (χ4n) is 3.85. The highest BCUT2D eigenvalue weighted by Crippen LogP contribution is 2.51. The molecule has 0 aromatic carbocycles. The van der Waals surface area contributed by atoms with E-state index in [1.54, 1.807) is 0 Å². The molecule has 2 fully saturated rings. The number of ether oxygens (including phenoxy) is 1. The van der Waals surface area contributed by atoms with Gasteiger partial charge in [-0.3, -0.25) is 0 Å². The number of piperidine rings is 1. The van der Waals surface area contributed by atoms with E-state index in [2.05, 4.69) is 41.5 Å². The van der Waals surface area contributed by atoms with Crippen molar-refractivity contribution >= 4 is 11.9 Å². The normalized spacial score (nSPS) is 25.8. The molecule has 1 aromatic rings. The highest BCUT2D eigenvalue weighted by Gasteiger charge is 2.56. The Labute approximate surface area is 144 Å². The summed E-state index contributed by atoms with van der Waals surface area (Å²) in [6.07, 6.45) is 6.35.